The molecule has 0 radical (unpaired) electrons. The highest BCUT2D eigenvalue weighted by molar-refractivity contribution is 5.68. The zero-order chi connectivity index (χ0) is 12.3. The third kappa shape index (κ3) is 3.87. The molecule has 16 heavy (non-hydrogen) atoms. The van der Waals surface area contributed by atoms with E-state index in [9.17, 15) is 4.79 Å². The van der Waals surface area contributed by atoms with Gasteiger partial charge in [0.05, 0.1) is 0 Å². The van der Waals surface area contributed by atoms with Crippen molar-refractivity contribution < 1.29 is 9.53 Å². The second-order valence-corrected chi connectivity index (χ2v) is 5.61. The number of amides is 1. The normalized spacial score (nSPS) is 17.4. The standard InChI is InChI=1S/C13H23NO2/c1-10(2)11-6-8-14(9-7-11)12(15)16-13(3,4)5/h6,10H,7-9H2,1-5H3. The molecule has 0 bridgehead atoms. The van der Waals surface area contributed by atoms with E-state index in [0.29, 0.717) is 12.5 Å². The Kier molecular flexibility index (Phi) is 4.00. The Morgan fingerprint density at radius 1 is 1.44 bits per heavy atom. The van der Waals surface area contributed by atoms with Crippen molar-refractivity contribution in [1.82, 2.24) is 4.90 Å². The SMILES string of the molecule is CC(C)C1=CCN(C(=O)OC(C)(C)C)CC1. The summed E-state index contributed by atoms with van der Waals surface area (Å²) in [5, 5.41) is 0. The van der Waals surface area contributed by atoms with Gasteiger partial charge in [0, 0.05) is 13.1 Å². The van der Waals surface area contributed by atoms with E-state index in [1.807, 2.05) is 20.8 Å². The Bertz CT molecular complexity index is 287. The smallest absolute Gasteiger partial charge is 0.410 e. The zero-order valence-electron chi connectivity index (χ0n) is 11.0. The van der Waals surface area contributed by atoms with E-state index >= 15 is 0 Å². The average molecular weight is 225 g/mol. The zero-order valence-corrected chi connectivity index (χ0v) is 11.0. The van der Waals surface area contributed by atoms with Gasteiger partial charge in [-0.05, 0) is 33.1 Å². The van der Waals surface area contributed by atoms with Crippen LogP contribution in [0, 0.1) is 5.92 Å². The first-order chi connectivity index (χ1) is 7.29. The lowest BCUT2D eigenvalue weighted by molar-refractivity contribution is 0.0264. The van der Waals surface area contributed by atoms with Crippen molar-refractivity contribution in [3.05, 3.63) is 11.6 Å². The van der Waals surface area contributed by atoms with Gasteiger partial charge in [-0.15, -0.1) is 0 Å². The molecule has 1 heterocycles. The average Bonchev–Trinajstić information content (AvgIpc) is 2.15. The first-order valence-electron chi connectivity index (χ1n) is 5.96. The van der Waals surface area contributed by atoms with Gasteiger partial charge in [0.25, 0.3) is 0 Å². The predicted molar refractivity (Wildman–Crippen MR) is 65.3 cm³/mol. The highest BCUT2D eigenvalue weighted by atomic mass is 16.6. The van der Waals surface area contributed by atoms with Gasteiger partial charge >= 0.3 is 6.09 Å². The van der Waals surface area contributed by atoms with Gasteiger partial charge < -0.3 is 9.64 Å². The minimum atomic E-state index is -0.404. The van der Waals surface area contributed by atoms with Crippen LogP contribution in [0.25, 0.3) is 0 Å². The van der Waals surface area contributed by atoms with Gasteiger partial charge in [0.2, 0.25) is 0 Å². The number of carbonyl (C=O) groups excluding carboxylic acids is 1. The molecule has 0 atom stereocenters. The lowest BCUT2D eigenvalue weighted by Crippen LogP contribution is -2.39. The number of rotatable bonds is 1. The minimum absolute atomic E-state index is 0.202. The fourth-order valence-corrected chi connectivity index (χ4v) is 1.70. The summed E-state index contributed by atoms with van der Waals surface area (Å²) < 4.78 is 5.33. The monoisotopic (exact) mass is 225 g/mol. The Labute approximate surface area is 98.5 Å². The number of nitrogens with zero attached hydrogens (tertiary/aromatic N) is 1. The van der Waals surface area contributed by atoms with E-state index < -0.39 is 5.60 Å². The van der Waals surface area contributed by atoms with Gasteiger partial charge in [0.1, 0.15) is 5.60 Å². The van der Waals surface area contributed by atoms with Crippen LogP contribution in [0.4, 0.5) is 4.79 Å². The van der Waals surface area contributed by atoms with E-state index in [0.717, 1.165) is 13.0 Å². The van der Waals surface area contributed by atoms with E-state index in [2.05, 4.69) is 19.9 Å². The lowest BCUT2D eigenvalue weighted by atomic mass is 9.97. The molecule has 1 aliphatic rings. The second kappa shape index (κ2) is 4.89. The number of hydrogen-bond donors (Lipinski definition) is 0. The van der Waals surface area contributed by atoms with Crippen LogP contribution in [0.1, 0.15) is 41.0 Å². The largest absolute Gasteiger partial charge is 0.444 e. The summed E-state index contributed by atoms with van der Waals surface area (Å²) >= 11 is 0. The van der Waals surface area contributed by atoms with Crippen molar-refractivity contribution in [2.24, 2.45) is 5.92 Å². The van der Waals surface area contributed by atoms with Gasteiger partial charge in [0.15, 0.2) is 0 Å². The molecule has 3 heteroatoms. The third-order valence-electron chi connectivity index (χ3n) is 2.64. The van der Waals surface area contributed by atoms with Crippen molar-refractivity contribution in [2.45, 2.75) is 46.6 Å². The van der Waals surface area contributed by atoms with Crippen LogP contribution in [-0.4, -0.2) is 29.7 Å². The Morgan fingerprint density at radius 2 is 2.06 bits per heavy atom. The maximum Gasteiger partial charge on any atom is 0.410 e. The highest BCUT2D eigenvalue weighted by Crippen LogP contribution is 2.20. The predicted octanol–water partition coefficient (Wildman–Crippen LogP) is 3.21. The number of hydrogen-bond acceptors (Lipinski definition) is 2. The molecule has 1 aliphatic heterocycles. The molecule has 3 nitrogen and oxygen atoms in total. The molecular formula is C13H23NO2. The summed E-state index contributed by atoms with van der Waals surface area (Å²) in [6, 6.07) is 0. The summed E-state index contributed by atoms with van der Waals surface area (Å²) in [5.74, 6) is 0.584. The van der Waals surface area contributed by atoms with Crippen LogP contribution in [0.5, 0.6) is 0 Å². The van der Waals surface area contributed by atoms with E-state index in [1.54, 1.807) is 4.90 Å². The van der Waals surface area contributed by atoms with Crippen molar-refractivity contribution in [1.29, 1.82) is 0 Å². The van der Waals surface area contributed by atoms with Gasteiger partial charge in [-0.1, -0.05) is 25.5 Å². The van der Waals surface area contributed by atoms with Crippen molar-refractivity contribution in [3.63, 3.8) is 0 Å². The maximum atomic E-state index is 11.8. The van der Waals surface area contributed by atoms with Crippen LogP contribution in [0.15, 0.2) is 11.6 Å². The molecule has 0 aliphatic carbocycles. The van der Waals surface area contributed by atoms with Crippen LogP contribution in [0.3, 0.4) is 0 Å². The topological polar surface area (TPSA) is 29.5 Å². The molecule has 0 fully saturated rings. The van der Waals surface area contributed by atoms with Gasteiger partial charge in [-0.3, -0.25) is 0 Å². The molecular weight excluding hydrogens is 202 g/mol. The summed E-state index contributed by atoms with van der Waals surface area (Å²) in [7, 11) is 0. The molecule has 0 spiro atoms. The summed E-state index contributed by atoms with van der Waals surface area (Å²) in [6.07, 6.45) is 2.92. The van der Waals surface area contributed by atoms with E-state index in [4.69, 9.17) is 4.74 Å². The molecule has 0 aromatic carbocycles. The van der Waals surface area contributed by atoms with Crippen LogP contribution >= 0.6 is 0 Å². The van der Waals surface area contributed by atoms with E-state index in [-0.39, 0.29) is 6.09 Å². The lowest BCUT2D eigenvalue weighted by Gasteiger charge is -2.30. The van der Waals surface area contributed by atoms with Crippen LogP contribution < -0.4 is 0 Å². The molecule has 0 saturated heterocycles. The second-order valence-electron chi connectivity index (χ2n) is 5.61. The highest BCUT2D eigenvalue weighted by Gasteiger charge is 2.23. The Balaban J connectivity index is 2.51. The molecule has 0 aromatic rings. The first-order valence-corrected chi connectivity index (χ1v) is 5.96. The van der Waals surface area contributed by atoms with E-state index in [1.165, 1.54) is 5.57 Å². The molecule has 1 amide bonds. The van der Waals surface area contributed by atoms with Crippen molar-refractivity contribution in [2.75, 3.05) is 13.1 Å². The molecule has 0 aromatic heterocycles. The van der Waals surface area contributed by atoms with Crippen molar-refractivity contribution in [3.8, 4) is 0 Å². The first kappa shape index (κ1) is 13.1. The fourth-order valence-electron chi connectivity index (χ4n) is 1.70. The van der Waals surface area contributed by atoms with Crippen LogP contribution in [-0.2, 0) is 4.74 Å². The molecule has 0 unspecified atom stereocenters. The fraction of sp³-hybridized carbons (Fsp3) is 0.769. The van der Waals surface area contributed by atoms with Gasteiger partial charge in [-0.25, -0.2) is 4.79 Å². The Hall–Kier alpha value is -0.990. The minimum Gasteiger partial charge on any atom is -0.444 e. The van der Waals surface area contributed by atoms with Gasteiger partial charge in [-0.2, -0.15) is 0 Å². The van der Waals surface area contributed by atoms with Crippen molar-refractivity contribution >= 4 is 6.09 Å². The molecule has 1 rings (SSSR count). The third-order valence-corrected chi connectivity index (χ3v) is 2.64. The molecule has 0 saturated carbocycles. The molecule has 0 N–H and O–H groups in total. The summed E-state index contributed by atoms with van der Waals surface area (Å²) in [6.45, 7) is 11.5. The quantitative estimate of drug-likeness (QED) is 0.641. The Morgan fingerprint density at radius 3 is 2.44 bits per heavy atom. The number of ether oxygens (including phenoxy) is 1. The number of carbonyl (C=O) groups is 1. The maximum absolute atomic E-state index is 11.8. The molecule has 92 valence electrons. The summed E-state index contributed by atoms with van der Waals surface area (Å²) in [4.78, 5) is 13.5. The van der Waals surface area contributed by atoms with Crippen LogP contribution in [0.2, 0.25) is 0 Å². The summed E-state index contributed by atoms with van der Waals surface area (Å²) in [5.41, 5.74) is 1.04.